The second-order valence-electron chi connectivity index (χ2n) is 9.52. The van der Waals surface area contributed by atoms with Crippen LogP contribution in [0, 0.1) is 35.0 Å². The molecule has 6 atom stereocenters. The molecule has 0 amide bonds. The predicted octanol–water partition coefficient (Wildman–Crippen LogP) is 4.84. The molecule has 2 unspecified atom stereocenters. The van der Waals surface area contributed by atoms with Crippen molar-refractivity contribution in [2.75, 3.05) is 7.11 Å². The molecule has 0 aliphatic heterocycles. The molecule has 2 nitrogen and oxygen atoms in total. The van der Waals surface area contributed by atoms with Gasteiger partial charge in [0.15, 0.2) is 0 Å². The molecule has 3 saturated carbocycles. The van der Waals surface area contributed by atoms with Crippen molar-refractivity contribution in [3.63, 3.8) is 0 Å². The maximum absolute atomic E-state index is 10.7. The van der Waals surface area contributed by atoms with E-state index in [2.05, 4.69) is 13.0 Å². The predicted molar refractivity (Wildman–Crippen MR) is 95.2 cm³/mol. The Kier molecular flexibility index (Phi) is 3.46. The number of methoxy groups -OCH3 is 1. The quantitative estimate of drug-likeness (QED) is 0.735. The van der Waals surface area contributed by atoms with Crippen LogP contribution in [0.4, 0.5) is 0 Å². The minimum atomic E-state index is -0.0509. The van der Waals surface area contributed by atoms with Gasteiger partial charge < -0.3 is 9.84 Å². The van der Waals surface area contributed by atoms with Gasteiger partial charge in [0.05, 0.1) is 19.0 Å². The van der Waals surface area contributed by atoms with Crippen LogP contribution in [0.25, 0.3) is 0 Å². The van der Waals surface area contributed by atoms with E-state index in [1.807, 2.05) is 7.11 Å². The molecule has 2 heteroatoms. The average Bonchev–Trinajstić information content (AvgIpc) is 3.39. The maximum Gasteiger partial charge on any atom is 0.0959 e. The normalized spacial score (nSPS) is 47.6. The van der Waals surface area contributed by atoms with Crippen LogP contribution in [0.2, 0.25) is 0 Å². The summed E-state index contributed by atoms with van der Waals surface area (Å²) >= 11 is 0. The van der Waals surface area contributed by atoms with Crippen LogP contribution in [0.3, 0.4) is 0 Å². The lowest BCUT2D eigenvalue weighted by Gasteiger charge is -2.54. The Morgan fingerprint density at radius 2 is 2.00 bits per heavy atom. The Morgan fingerprint density at radius 1 is 1.17 bits per heavy atom. The van der Waals surface area contributed by atoms with Gasteiger partial charge in [0.25, 0.3) is 0 Å². The molecule has 3 fully saturated rings. The summed E-state index contributed by atoms with van der Waals surface area (Å²) in [5, 5.41) is 10.7. The fraction of sp³-hybridized carbons (Fsp3) is 0.818. The van der Waals surface area contributed by atoms with Crippen LogP contribution in [0.15, 0.2) is 23.0 Å². The zero-order valence-electron chi connectivity index (χ0n) is 15.3. The molecule has 0 aromatic heterocycles. The SMILES string of the molecule is COC1=CCC2=C(C1)CC(C1CC1)[C@@H]1[C@@H]2CC[C@]2(C)C(O)CC[C@@H]12. The molecule has 5 rings (SSSR count). The van der Waals surface area contributed by atoms with Crippen LogP contribution in [0.1, 0.15) is 64.7 Å². The molecule has 0 heterocycles. The van der Waals surface area contributed by atoms with E-state index in [0.29, 0.717) is 0 Å². The lowest BCUT2D eigenvalue weighted by atomic mass is 9.51. The summed E-state index contributed by atoms with van der Waals surface area (Å²) in [5.74, 6) is 5.47. The van der Waals surface area contributed by atoms with Crippen molar-refractivity contribution in [2.24, 2.45) is 35.0 Å². The van der Waals surface area contributed by atoms with Gasteiger partial charge in [-0.3, -0.25) is 0 Å². The summed E-state index contributed by atoms with van der Waals surface area (Å²) in [4.78, 5) is 0. The standard InChI is InChI=1S/C22H32O2/c1-22-10-9-17-16-6-5-15(24-2)11-14(16)12-18(13-3-4-13)21(17)19(22)7-8-20(22)23/h5,13,17-21,23H,3-4,6-12H2,1-2H3/t17-,18?,19+,20?,21+,22+/m1/s1. The molecule has 24 heavy (non-hydrogen) atoms. The molecule has 5 aliphatic carbocycles. The fourth-order valence-corrected chi connectivity index (χ4v) is 7.13. The molecule has 5 aliphatic rings. The minimum absolute atomic E-state index is 0.0509. The summed E-state index contributed by atoms with van der Waals surface area (Å²) in [6, 6.07) is 0. The zero-order valence-corrected chi connectivity index (χ0v) is 15.3. The molecule has 0 spiro atoms. The number of ether oxygens (including phenoxy) is 1. The van der Waals surface area contributed by atoms with Crippen molar-refractivity contribution >= 4 is 0 Å². The molecule has 0 bridgehead atoms. The van der Waals surface area contributed by atoms with Crippen LogP contribution < -0.4 is 0 Å². The summed E-state index contributed by atoms with van der Waals surface area (Å²) in [7, 11) is 1.83. The van der Waals surface area contributed by atoms with E-state index in [1.54, 1.807) is 11.1 Å². The third kappa shape index (κ3) is 2.11. The van der Waals surface area contributed by atoms with Gasteiger partial charge in [-0.15, -0.1) is 0 Å². The third-order valence-electron chi connectivity index (χ3n) is 8.59. The number of hydrogen-bond donors (Lipinski definition) is 1. The average molecular weight is 328 g/mol. The lowest BCUT2D eigenvalue weighted by Crippen LogP contribution is -2.48. The number of hydrogen-bond acceptors (Lipinski definition) is 2. The van der Waals surface area contributed by atoms with Crippen molar-refractivity contribution in [3.05, 3.63) is 23.0 Å². The van der Waals surface area contributed by atoms with Gasteiger partial charge in [-0.1, -0.05) is 18.1 Å². The Hall–Kier alpha value is -0.760. The summed E-state index contributed by atoms with van der Waals surface area (Å²) in [6.07, 6.45) is 13.6. The summed E-state index contributed by atoms with van der Waals surface area (Å²) < 4.78 is 5.58. The number of aliphatic hydroxyl groups is 1. The topological polar surface area (TPSA) is 29.5 Å². The smallest absolute Gasteiger partial charge is 0.0959 e. The van der Waals surface area contributed by atoms with E-state index in [9.17, 15) is 5.11 Å². The maximum atomic E-state index is 10.7. The number of fused-ring (bicyclic) bond motifs is 4. The van der Waals surface area contributed by atoms with Gasteiger partial charge >= 0.3 is 0 Å². The Bertz CT molecular complexity index is 599. The highest BCUT2D eigenvalue weighted by atomic mass is 16.5. The number of aliphatic hydroxyl groups excluding tert-OH is 1. The van der Waals surface area contributed by atoms with E-state index >= 15 is 0 Å². The second kappa shape index (κ2) is 5.37. The first kappa shape index (κ1) is 15.5. The van der Waals surface area contributed by atoms with Crippen molar-refractivity contribution in [3.8, 4) is 0 Å². The van der Waals surface area contributed by atoms with E-state index in [4.69, 9.17) is 4.74 Å². The number of rotatable bonds is 2. The third-order valence-corrected chi connectivity index (χ3v) is 8.59. The van der Waals surface area contributed by atoms with Crippen molar-refractivity contribution in [1.82, 2.24) is 0 Å². The van der Waals surface area contributed by atoms with Gasteiger partial charge in [-0.05, 0) is 92.4 Å². The van der Waals surface area contributed by atoms with Crippen molar-refractivity contribution in [1.29, 1.82) is 0 Å². The fourth-order valence-electron chi connectivity index (χ4n) is 7.13. The van der Waals surface area contributed by atoms with Gasteiger partial charge in [-0.25, -0.2) is 0 Å². The van der Waals surface area contributed by atoms with Gasteiger partial charge in [0.2, 0.25) is 0 Å². The van der Waals surface area contributed by atoms with Crippen LogP contribution in [-0.4, -0.2) is 18.3 Å². The van der Waals surface area contributed by atoms with Crippen LogP contribution >= 0.6 is 0 Å². The largest absolute Gasteiger partial charge is 0.501 e. The molecule has 132 valence electrons. The first-order chi connectivity index (χ1) is 11.6. The van der Waals surface area contributed by atoms with Crippen molar-refractivity contribution in [2.45, 2.75) is 70.8 Å². The molecule has 0 saturated heterocycles. The first-order valence-electron chi connectivity index (χ1n) is 10.2. The van der Waals surface area contributed by atoms with E-state index in [1.165, 1.54) is 44.3 Å². The van der Waals surface area contributed by atoms with Crippen LogP contribution in [0.5, 0.6) is 0 Å². The molecular formula is C22H32O2. The molecule has 1 N–H and O–H groups in total. The molecule has 0 aromatic carbocycles. The van der Waals surface area contributed by atoms with Gasteiger partial charge in [0, 0.05) is 6.42 Å². The summed E-state index contributed by atoms with van der Waals surface area (Å²) in [6.45, 7) is 2.41. The monoisotopic (exact) mass is 328 g/mol. The first-order valence-corrected chi connectivity index (χ1v) is 10.2. The Morgan fingerprint density at radius 3 is 2.75 bits per heavy atom. The minimum Gasteiger partial charge on any atom is -0.501 e. The molecule has 0 aromatic rings. The molecular weight excluding hydrogens is 296 g/mol. The Labute approximate surface area is 146 Å². The Balaban J connectivity index is 1.51. The second-order valence-corrected chi connectivity index (χ2v) is 9.52. The van der Waals surface area contributed by atoms with Gasteiger partial charge in [-0.2, -0.15) is 0 Å². The van der Waals surface area contributed by atoms with E-state index in [0.717, 1.165) is 48.9 Å². The number of allylic oxidation sites excluding steroid dienone is 3. The highest BCUT2D eigenvalue weighted by Crippen LogP contribution is 2.65. The van der Waals surface area contributed by atoms with Gasteiger partial charge in [0.1, 0.15) is 0 Å². The van der Waals surface area contributed by atoms with Crippen LogP contribution in [-0.2, 0) is 4.74 Å². The molecule has 0 radical (unpaired) electrons. The lowest BCUT2D eigenvalue weighted by molar-refractivity contribution is -0.0515. The van der Waals surface area contributed by atoms with Crippen molar-refractivity contribution < 1.29 is 9.84 Å². The highest BCUT2D eigenvalue weighted by molar-refractivity contribution is 5.34. The van der Waals surface area contributed by atoms with E-state index < -0.39 is 0 Å². The summed E-state index contributed by atoms with van der Waals surface area (Å²) in [5.41, 5.74) is 3.71. The highest BCUT2D eigenvalue weighted by Gasteiger charge is 2.58. The zero-order chi connectivity index (χ0) is 16.5. The van der Waals surface area contributed by atoms with E-state index in [-0.39, 0.29) is 11.5 Å².